The summed E-state index contributed by atoms with van der Waals surface area (Å²) >= 11 is 0. The Morgan fingerprint density at radius 1 is 1.03 bits per heavy atom. The Morgan fingerprint density at radius 3 is 2.40 bits per heavy atom. The fourth-order valence-corrected chi connectivity index (χ4v) is 3.86. The van der Waals surface area contributed by atoms with Gasteiger partial charge in [-0.3, -0.25) is 4.79 Å². The van der Waals surface area contributed by atoms with Crippen LogP contribution in [-0.2, 0) is 16.6 Å². The Kier molecular flexibility index (Phi) is 6.28. The van der Waals surface area contributed by atoms with Gasteiger partial charge in [0.15, 0.2) is 5.76 Å². The van der Waals surface area contributed by atoms with Crippen LogP contribution in [-0.4, -0.2) is 32.7 Å². The molecule has 1 heterocycles. The molecular weight excluding hydrogens is 404 g/mol. The molecule has 0 radical (unpaired) electrons. The van der Waals surface area contributed by atoms with Crippen molar-refractivity contribution in [2.24, 2.45) is 0 Å². The Morgan fingerprint density at radius 2 is 1.73 bits per heavy atom. The van der Waals surface area contributed by atoms with Crippen molar-refractivity contribution in [2.45, 2.75) is 25.3 Å². The van der Waals surface area contributed by atoms with Crippen LogP contribution >= 0.6 is 0 Å². The summed E-state index contributed by atoms with van der Waals surface area (Å²) in [5, 5.41) is 2.67. The number of carbonyl (C=O) groups is 1. The molecule has 1 amide bonds. The van der Waals surface area contributed by atoms with Crippen LogP contribution in [0.4, 0.5) is 5.69 Å². The van der Waals surface area contributed by atoms with Crippen molar-refractivity contribution in [1.29, 1.82) is 0 Å². The number of hydrogen-bond acceptors (Lipinski definition) is 5. The van der Waals surface area contributed by atoms with Crippen LogP contribution in [0.1, 0.15) is 27.4 Å². The van der Waals surface area contributed by atoms with E-state index in [4.69, 9.17) is 9.15 Å². The van der Waals surface area contributed by atoms with E-state index < -0.39 is 15.9 Å². The zero-order valence-electron chi connectivity index (χ0n) is 17.3. The first kappa shape index (κ1) is 21.6. The van der Waals surface area contributed by atoms with Crippen molar-refractivity contribution < 1.29 is 22.4 Å². The number of benzene rings is 2. The molecule has 7 nitrogen and oxygen atoms in total. The number of anilines is 1. The average Bonchev–Trinajstić information content (AvgIpc) is 3.18. The van der Waals surface area contributed by atoms with Crippen molar-refractivity contribution in [1.82, 2.24) is 4.31 Å². The minimum Gasteiger partial charge on any atom is -0.486 e. The molecule has 8 heteroatoms. The zero-order valence-corrected chi connectivity index (χ0v) is 18.1. The van der Waals surface area contributed by atoms with E-state index in [1.807, 2.05) is 31.2 Å². The molecule has 3 aromatic rings. The van der Waals surface area contributed by atoms with E-state index in [0.29, 0.717) is 22.8 Å². The standard InChI is InChI=1S/C22H24N2O5S/c1-15-5-9-18(10-6-15)28-14-19-11-12-20(29-19)22(25)23-17-8-7-16(2)21(13-17)30(26,27)24(3)4/h5-13H,14H2,1-4H3,(H,23,25). The molecule has 1 N–H and O–H groups in total. The highest BCUT2D eigenvalue weighted by molar-refractivity contribution is 7.89. The van der Waals surface area contributed by atoms with E-state index in [0.717, 1.165) is 9.87 Å². The summed E-state index contributed by atoms with van der Waals surface area (Å²) < 4.78 is 37.2. The summed E-state index contributed by atoms with van der Waals surface area (Å²) in [5.41, 5.74) is 2.09. The van der Waals surface area contributed by atoms with E-state index >= 15 is 0 Å². The monoisotopic (exact) mass is 428 g/mol. The minimum absolute atomic E-state index is 0.107. The lowest BCUT2D eigenvalue weighted by Gasteiger charge is -2.15. The molecule has 0 aliphatic carbocycles. The van der Waals surface area contributed by atoms with Gasteiger partial charge in [0, 0.05) is 19.8 Å². The van der Waals surface area contributed by atoms with Gasteiger partial charge in [-0.2, -0.15) is 0 Å². The lowest BCUT2D eigenvalue weighted by molar-refractivity contribution is 0.0992. The van der Waals surface area contributed by atoms with E-state index in [2.05, 4.69) is 5.32 Å². The van der Waals surface area contributed by atoms with E-state index in [1.54, 1.807) is 31.2 Å². The van der Waals surface area contributed by atoms with Gasteiger partial charge in [-0.05, 0) is 55.8 Å². The van der Waals surface area contributed by atoms with Gasteiger partial charge in [-0.15, -0.1) is 0 Å². The second-order valence-corrected chi connectivity index (χ2v) is 9.21. The van der Waals surface area contributed by atoms with Crippen molar-refractivity contribution >= 4 is 21.6 Å². The number of aryl methyl sites for hydroxylation is 2. The third kappa shape index (κ3) is 4.90. The van der Waals surface area contributed by atoms with Crippen LogP contribution in [0.5, 0.6) is 5.75 Å². The Balaban J connectivity index is 1.69. The molecule has 0 saturated carbocycles. The Bertz CT molecular complexity index is 1150. The SMILES string of the molecule is Cc1ccc(OCc2ccc(C(=O)Nc3ccc(C)c(S(=O)(=O)N(C)C)c3)o2)cc1. The van der Waals surface area contributed by atoms with Gasteiger partial charge in [0.2, 0.25) is 10.0 Å². The molecule has 2 aromatic carbocycles. The fourth-order valence-electron chi connectivity index (χ4n) is 2.71. The molecular formula is C22H24N2O5S. The number of ether oxygens (including phenoxy) is 1. The Labute approximate surface area is 176 Å². The third-order valence-corrected chi connectivity index (χ3v) is 6.45. The molecule has 0 fully saturated rings. The lowest BCUT2D eigenvalue weighted by Crippen LogP contribution is -2.23. The van der Waals surface area contributed by atoms with Crippen molar-refractivity contribution in [3.05, 3.63) is 77.2 Å². The summed E-state index contributed by atoms with van der Waals surface area (Å²) in [6.45, 7) is 3.88. The molecule has 0 bridgehead atoms. The highest BCUT2D eigenvalue weighted by Crippen LogP contribution is 2.23. The smallest absolute Gasteiger partial charge is 0.291 e. The first-order valence-corrected chi connectivity index (χ1v) is 10.7. The number of nitrogens with zero attached hydrogens (tertiary/aromatic N) is 1. The van der Waals surface area contributed by atoms with Crippen LogP contribution in [0.25, 0.3) is 0 Å². The number of carbonyl (C=O) groups excluding carboxylic acids is 1. The lowest BCUT2D eigenvalue weighted by atomic mass is 10.2. The number of sulfonamides is 1. The predicted octanol–water partition coefficient (Wildman–Crippen LogP) is 3.98. The summed E-state index contributed by atoms with van der Waals surface area (Å²) in [5.74, 6) is 0.835. The van der Waals surface area contributed by atoms with E-state index in [9.17, 15) is 13.2 Å². The summed E-state index contributed by atoms with van der Waals surface area (Å²) in [4.78, 5) is 12.6. The number of amides is 1. The molecule has 0 unspecified atom stereocenters. The van der Waals surface area contributed by atoms with Crippen LogP contribution in [0.15, 0.2) is 63.9 Å². The number of nitrogens with one attached hydrogen (secondary N) is 1. The molecule has 1 aromatic heterocycles. The number of rotatable bonds is 7. The van der Waals surface area contributed by atoms with Crippen LogP contribution in [0, 0.1) is 13.8 Å². The van der Waals surface area contributed by atoms with Gasteiger partial charge >= 0.3 is 0 Å². The van der Waals surface area contributed by atoms with Crippen LogP contribution < -0.4 is 10.1 Å². The maximum atomic E-state index is 12.5. The molecule has 0 aliphatic rings. The summed E-state index contributed by atoms with van der Waals surface area (Å²) in [6, 6.07) is 15.6. The minimum atomic E-state index is -3.62. The maximum Gasteiger partial charge on any atom is 0.291 e. The second-order valence-electron chi connectivity index (χ2n) is 7.09. The van der Waals surface area contributed by atoms with Crippen molar-refractivity contribution in [2.75, 3.05) is 19.4 Å². The predicted molar refractivity (Wildman–Crippen MR) is 114 cm³/mol. The van der Waals surface area contributed by atoms with Gasteiger partial charge < -0.3 is 14.5 Å². The number of hydrogen-bond donors (Lipinski definition) is 1. The highest BCUT2D eigenvalue weighted by Gasteiger charge is 2.21. The molecule has 0 atom stereocenters. The first-order chi connectivity index (χ1) is 14.2. The largest absolute Gasteiger partial charge is 0.486 e. The van der Waals surface area contributed by atoms with Crippen molar-refractivity contribution in [3.63, 3.8) is 0 Å². The maximum absolute atomic E-state index is 12.5. The van der Waals surface area contributed by atoms with E-state index in [1.165, 1.54) is 20.2 Å². The Hall–Kier alpha value is -3.10. The fraction of sp³-hybridized carbons (Fsp3) is 0.227. The van der Waals surface area contributed by atoms with Gasteiger partial charge in [-0.1, -0.05) is 23.8 Å². The molecule has 0 saturated heterocycles. The van der Waals surface area contributed by atoms with Crippen molar-refractivity contribution in [3.8, 4) is 5.75 Å². The first-order valence-electron chi connectivity index (χ1n) is 9.29. The quantitative estimate of drug-likeness (QED) is 0.615. The van der Waals surface area contributed by atoms with Gasteiger partial charge in [0.25, 0.3) is 5.91 Å². The van der Waals surface area contributed by atoms with Gasteiger partial charge in [-0.25, -0.2) is 12.7 Å². The highest BCUT2D eigenvalue weighted by atomic mass is 32.2. The normalized spacial score (nSPS) is 11.5. The van der Waals surface area contributed by atoms with Gasteiger partial charge in [0.1, 0.15) is 18.1 Å². The molecule has 158 valence electrons. The number of furan rings is 1. The van der Waals surface area contributed by atoms with E-state index in [-0.39, 0.29) is 17.3 Å². The van der Waals surface area contributed by atoms with Crippen LogP contribution in [0.3, 0.4) is 0 Å². The molecule has 0 aliphatic heterocycles. The average molecular weight is 429 g/mol. The summed E-state index contributed by atoms with van der Waals surface area (Å²) in [6.07, 6.45) is 0. The summed E-state index contributed by atoms with van der Waals surface area (Å²) in [7, 11) is -0.698. The second kappa shape index (κ2) is 8.73. The third-order valence-electron chi connectivity index (χ3n) is 4.49. The topological polar surface area (TPSA) is 88.8 Å². The molecule has 3 rings (SSSR count). The molecule has 30 heavy (non-hydrogen) atoms. The zero-order chi connectivity index (χ0) is 21.9. The van der Waals surface area contributed by atoms with Gasteiger partial charge in [0.05, 0.1) is 4.90 Å². The molecule has 0 spiro atoms. The van der Waals surface area contributed by atoms with Crippen LogP contribution in [0.2, 0.25) is 0 Å².